The molecule has 0 fully saturated rings. The van der Waals surface area contributed by atoms with E-state index in [0.29, 0.717) is 23.7 Å². The van der Waals surface area contributed by atoms with Crippen molar-refractivity contribution < 1.29 is 17.9 Å². The lowest BCUT2D eigenvalue weighted by atomic mass is 10.1. The van der Waals surface area contributed by atoms with Crippen molar-refractivity contribution in [2.75, 3.05) is 13.2 Å². The molecule has 0 spiro atoms. The van der Waals surface area contributed by atoms with Gasteiger partial charge in [-0.3, -0.25) is 0 Å². The van der Waals surface area contributed by atoms with E-state index in [0.717, 1.165) is 4.47 Å². The number of sulfone groups is 1. The predicted octanol–water partition coefficient (Wildman–Crippen LogP) is 4.06. The molecule has 0 atom stereocenters. The monoisotopic (exact) mass is 394 g/mol. The second-order valence-electron chi connectivity index (χ2n) is 4.96. The molecule has 2 aromatic carbocycles. The molecule has 120 valence electrons. The van der Waals surface area contributed by atoms with E-state index in [1.807, 2.05) is 25.1 Å². The molecule has 0 saturated heterocycles. The third-order valence-electron chi connectivity index (χ3n) is 3.45. The molecule has 1 aliphatic rings. The number of ether oxygens (including phenoxy) is 2. The third-order valence-corrected chi connectivity index (χ3v) is 5.80. The van der Waals surface area contributed by atoms with Crippen molar-refractivity contribution in [3.05, 3.63) is 57.4 Å². The van der Waals surface area contributed by atoms with Crippen LogP contribution in [-0.4, -0.2) is 21.6 Å². The van der Waals surface area contributed by atoms with E-state index in [1.54, 1.807) is 30.3 Å². The van der Waals surface area contributed by atoms with Crippen LogP contribution in [0.3, 0.4) is 0 Å². The minimum atomic E-state index is -3.57. The number of benzene rings is 2. The molecule has 2 aromatic rings. The average Bonchev–Trinajstić information content (AvgIpc) is 2.55. The summed E-state index contributed by atoms with van der Waals surface area (Å²) in [7, 11) is -3.57. The zero-order valence-corrected chi connectivity index (χ0v) is 14.9. The number of para-hydroxylation sites is 1. The summed E-state index contributed by atoms with van der Waals surface area (Å²) in [6.45, 7) is 2.41. The van der Waals surface area contributed by atoms with E-state index in [1.165, 1.54) is 0 Å². The van der Waals surface area contributed by atoms with Crippen molar-refractivity contribution in [2.24, 2.45) is 0 Å². The zero-order valence-electron chi connectivity index (χ0n) is 12.5. The fraction of sp³-hybridized carbons (Fsp3) is 0.176. The van der Waals surface area contributed by atoms with Crippen LogP contribution in [-0.2, 0) is 9.84 Å². The lowest BCUT2D eigenvalue weighted by Crippen LogP contribution is -2.16. The van der Waals surface area contributed by atoms with Crippen molar-refractivity contribution in [2.45, 2.75) is 11.8 Å². The van der Waals surface area contributed by atoms with E-state index >= 15 is 0 Å². The van der Waals surface area contributed by atoms with Crippen LogP contribution in [0.25, 0.3) is 6.08 Å². The highest BCUT2D eigenvalue weighted by Crippen LogP contribution is 2.37. The molecular formula is C17H15BrO4S. The molecule has 0 aliphatic carbocycles. The minimum Gasteiger partial charge on any atom is -0.490 e. The predicted molar refractivity (Wildman–Crippen MR) is 92.4 cm³/mol. The Bertz CT molecular complexity index is 855. The molecule has 1 aliphatic heterocycles. The third kappa shape index (κ3) is 3.14. The van der Waals surface area contributed by atoms with Gasteiger partial charge in [0.25, 0.3) is 0 Å². The highest BCUT2D eigenvalue weighted by Gasteiger charge is 2.26. The summed E-state index contributed by atoms with van der Waals surface area (Å²) in [5.74, 6) is 1.21. The second-order valence-corrected chi connectivity index (χ2v) is 7.88. The largest absolute Gasteiger partial charge is 0.490 e. The summed E-state index contributed by atoms with van der Waals surface area (Å²) in [6, 6.07) is 12.0. The standard InChI is InChI=1S/C17H15BrO4S/c1-2-21-16-5-3-4-12-10-15(11-22-17(12)16)23(19,20)14-8-6-13(18)7-9-14/h3-10H,2,11H2,1H3. The molecule has 0 bridgehead atoms. The van der Waals surface area contributed by atoms with Gasteiger partial charge in [-0.2, -0.15) is 0 Å². The van der Waals surface area contributed by atoms with Crippen molar-refractivity contribution >= 4 is 31.8 Å². The Morgan fingerprint density at radius 2 is 1.91 bits per heavy atom. The second kappa shape index (κ2) is 6.37. The van der Waals surface area contributed by atoms with E-state index in [4.69, 9.17) is 9.47 Å². The normalized spacial score (nSPS) is 13.7. The maximum Gasteiger partial charge on any atom is 0.206 e. The van der Waals surface area contributed by atoms with E-state index in [9.17, 15) is 8.42 Å². The van der Waals surface area contributed by atoms with E-state index < -0.39 is 9.84 Å². The Kier molecular flexibility index (Phi) is 4.46. The lowest BCUT2D eigenvalue weighted by Gasteiger charge is -2.20. The van der Waals surface area contributed by atoms with Crippen LogP contribution in [0.1, 0.15) is 12.5 Å². The fourth-order valence-electron chi connectivity index (χ4n) is 2.35. The van der Waals surface area contributed by atoms with Gasteiger partial charge < -0.3 is 9.47 Å². The van der Waals surface area contributed by atoms with Crippen LogP contribution in [0, 0.1) is 0 Å². The van der Waals surface area contributed by atoms with Crippen LogP contribution >= 0.6 is 15.9 Å². The molecule has 0 unspecified atom stereocenters. The van der Waals surface area contributed by atoms with Crippen LogP contribution in [0.4, 0.5) is 0 Å². The Morgan fingerprint density at radius 3 is 2.61 bits per heavy atom. The smallest absolute Gasteiger partial charge is 0.206 e. The average molecular weight is 395 g/mol. The zero-order chi connectivity index (χ0) is 16.4. The number of rotatable bonds is 4. The maximum absolute atomic E-state index is 12.7. The molecule has 0 radical (unpaired) electrons. The van der Waals surface area contributed by atoms with E-state index in [-0.39, 0.29) is 16.4 Å². The molecule has 0 aromatic heterocycles. The Labute approximate surface area is 143 Å². The van der Waals surface area contributed by atoms with Crippen molar-refractivity contribution in [1.29, 1.82) is 0 Å². The first-order valence-corrected chi connectivity index (χ1v) is 9.40. The molecule has 23 heavy (non-hydrogen) atoms. The van der Waals surface area contributed by atoms with Gasteiger partial charge in [-0.15, -0.1) is 0 Å². The molecular weight excluding hydrogens is 380 g/mol. The molecule has 1 heterocycles. The first-order chi connectivity index (χ1) is 11.0. The van der Waals surface area contributed by atoms with Crippen LogP contribution in [0.2, 0.25) is 0 Å². The highest BCUT2D eigenvalue weighted by atomic mass is 79.9. The number of halogens is 1. The Morgan fingerprint density at radius 1 is 1.17 bits per heavy atom. The van der Waals surface area contributed by atoms with Gasteiger partial charge >= 0.3 is 0 Å². The summed E-state index contributed by atoms with van der Waals surface area (Å²) in [5, 5.41) is 0. The molecule has 4 nitrogen and oxygen atoms in total. The molecule has 0 N–H and O–H groups in total. The molecule has 0 saturated carbocycles. The summed E-state index contributed by atoms with van der Waals surface area (Å²) >= 11 is 3.30. The van der Waals surface area contributed by atoms with Gasteiger partial charge in [0.05, 0.1) is 16.4 Å². The quantitative estimate of drug-likeness (QED) is 0.784. The van der Waals surface area contributed by atoms with Crippen LogP contribution < -0.4 is 9.47 Å². The van der Waals surface area contributed by atoms with Crippen LogP contribution in [0.15, 0.2) is 56.7 Å². The van der Waals surface area contributed by atoms with Gasteiger partial charge in [0.1, 0.15) is 6.61 Å². The lowest BCUT2D eigenvalue weighted by molar-refractivity contribution is 0.293. The van der Waals surface area contributed by atoms with E-state index in [2.05, 4.69) is 15.9 Å². The Balaban J connectivity index is 2.02. The van der Waals surface area contributed by atoms with Gasteiger partial charge in [-0.1, -0.05) is 28.1 Å². The number of hydrogen-bond donors (Lipinski definition) is 0. The summed E-state index contributed by atoms with van der Waals surface area (Å²) in [6.07, 6.45) is 1.65. The van der Waals surface area contributed by atoms with Gasteiger partial charge in [-0.25, -0.2) is 8.42 Å². The first-order valence-electron chi connectivity index (χ1n) is 7.12. The highest BCUT2D eigenvalue weighted by molar-refractivity contribution is 9.10. The number of fused-ring (bicyclic) bond motifs is 1. The van der Waals surface area contributed by atoms with Crippen LogP contribution in [0.5, 0.6) is 11.5 Å². The van der Waals surface area contributed by atoms with Crippen molar-refractivity contribution in [3.8, 4) is 11.5 Å². The van der Waals surface area contributed by atoms with Gasteiger partial charge in [-0.05, 0) is 43.3 Å². The minimum absolute atomic E-state index is 0.00448. The van der Waals surface area contributed by atoms with Crippen molar-refractivity contribution in [1.82, 2.24) is 0 Å². The summed E-state index contributed by atoms with van der Waals surface area (Å²) in [4.78, 5) is 0.487. The van der Waals surface area contributed by atoms with Gasteiger partial charge in [0.2, 0.25) is 9.84 Å². The molecule has 3 rings (SSSR count). The molecule has 0 amide bonds. The van der Waals surface area contributed by atoms with Gasteiger partial charge in [0.15, 0.2) is 11.5 Å². The van der Waals surface area contributed by atoms with Crippen molar-refractivity contribution in [3.63, 3.8) is 0 Å². The summed E-state index contributed by atoms with van der Waals surface area (Å²) in [5.41, 5.74) is 0.706. The number of hydrogen-bond acceptors (Lipinski definition) is 4. The topological polar surface area (TPSA) is 52.6 Å². The first kappa shape index (κ1) is 16.1. The van der Waals surface area contributed by atoms with Gasteiger partial charge in [0, 0.05) is 10.0 Å². The SMILES string of the molecule is CCOc1cccc2c1OCC(S(=O)(=O)c1ccc(Br)cc1)=C2. The fourth-order valence-corrected chi connectivity index (χ4v) is 3.91. The summed E-state index contributed by atoms with van der Waals surface area (Å²) < 4.78 is 37.5. The molecule has 6 heteroatoms. The maximum atomic E-state index is 12.7. The Hall–Kier alpha value is -1.79.